The van der Waals surface area contributed by atoms with Gasteiger partial charge in [0.25, 0.3) is 0 Å². The highest BCUT2D eigenvalue weighted by atomic mass is 32.2. The Morgan fingerprint density at radius 2 is 2.62 bits per heavy atom. The minimum absolute atomic E-state index is 0.622. The predicted molar refractivity (Wildman–Crippen MR) is 50.7 cm³/mol. The molecule has 1 heterocycles. The molecule has 0 saturated heterocycles. The number of thioether (sulfide) groups is 1. The summed E-state index contributed by atoms with van der Waals surface area (Å²) in [6, 6.07) is 0. The van der Waals surface area contributed by atoms with E-state index in [0.717, 1.165) is 11.2 Å². The van der Waals surface area contributed by atoms with Gasteiger partial charge in [-0.2, -0.15) is 0 Å². The van der Waals surface area contributed by atoms with Crippen LogP contribution in [0.2, 0.25) is 0 Å². The molecule has 4 nitrogen and oxygen atoms in total. The van der Waals surface area contributed by atoms with E-state index in [1.54, 1.807) is 12.3 Å². The number of nitrogens with zero attached hydrogens (tertiary/aromatic N) is 2. The molecule has 0 bridgehead atoms. The molecule has 0 aliphatic carbocycles. The Kier molecular flexibility index (Phi) is 3.57. The molecule has 1 aromatic heterocycles. The van der Waals surface area contributed by atoms with Crippen LogP contribution in [-0.2, 0) is 11.8 Å². The Morgan fingerprint density at radius 1 is 1.85 bits per heavy atom. The highest BCUT2D eigenvalue weighted by Crippen LogP contribution is 2.13. The molecule has 1 aromatic rings. The lowest BCUT2D eigenvalue weighted by molar-refractivity contribution is -0.131. The highest BCUT2D eigenvalue weighted by Gasteiger charge is 1.96. The molecule has 0 saturated carbocycles. The van der Waals surface area contributed by atoms with Crippen LogP contribution < -0.4 is 0 Å². The van der Waals surface area contributed by atoms with E-state index in [1.807, 2.05) is 17.8 Å². The molecule has 0 amide bonds. The van der Waals surface area contributed by atoms with Crippen LogP contribution in [0.3, 0.4) is 0 Å². The lowest BCUT2D eigenvalue weighted by atomic mass is 10.5. The number of hydrogen-bond acceptors (Lipinski definition) is 3. The molecule has 5 heteroatoms. The summed E-state index contributed by atoms with van der Waals surface area (Å²) in [6.45, 7) is 0. The van der Waals surface area contributed by atoms with Crippen LogP contribution in [0.5, 0.6) is 0 Å². The Morgan fingerprint density at radius 3 is 3.15 bits per heavy atom. The molecule has 1 rings (SSSR count). The molecule has 13 heavy (non-hydrogen) atoms. The predicted octanol–water partition coefficient (Wildman–Crippen LogP) is 1.15. The first kappa shape index (κ1) is 9.85. The van der Waals surface area contributed by atoms with Crippen molar-refractivity contribution in [1.29, 1.82) is 0 Å². The lowest BCUT2D eigenvalue weighted by Gasteiger charge is -1.96. The van der Waals surface area contributed by atoms with Gasteiger partial charge in [0.1, 0.15) is 0 Å². The van der Waals surface area contributed by atoms with E-state index in [0.29, 0.717) is 5.75 Å². The van der Waals surface area contributed by atoms with Crippen molar-refractivity contribution < 1.29 is 9.90 Å². The van der Waals surface area contributed by atoms with Gasteiger partial charge in [-0.15, -0.1) is 0 Å². The van der Waals surface area contributed by atoms with Gasteiger partial charge >= 0.3 is 5.97 Å². The summed E-state index contributed by atoms with van der Waals surface area (Å²) < 4.78 is 1.89. The van der Waals surface area contributed by atoms with E-state index in [9.17, 15) is 4.79 Å². The van der Waals surface area contributed by atoms with Crippen molar-refractivity contribution in [1.82, 2.24) is 9.55 Å². The van der Waals surface area contributed by atoms with Gasteiger partial charge in [0.2, 0.25) is 0 Å². The van der Waals surface area contributed by atoms with E-state index in [-0.39, 0.29) is 0 Å². The summed E-state index contributed by atoms with van der Waals surface area (Å²) in [5, 5.41) is 9.19. The zero-order chi connectivity index (χ0) is 9.68. The molecule has 0 radical (unpaired) electrons. The molecule has 0 fully saturated rings. The molecule has 0 atom stereocenters. The number of imidazole rings is 1. The molecule has 0 spiro atoms. The first-order chi connectivity index (χ1) is 6.20. The second kappa shape index (κ2) is 4.71. The average Bonchev–Trinajstić information content (AvgIpc) is 2.45. The van der Waals surface area contributed by atoms with Crippen molar-refractivity contribution >= 4 is 17.7 Å². The van der Waals surface area contributed by atoms with Gasteiger partial charge in [-0.3, -0.25) is 0 Å². The zero-order valence-electron chi connectivity index (χ0n) is 7.17. The normalized spacial score (nSPS) is 10.8. The van der Waals surface area contributed by atoms with Crippen LogP contribution in [0.1, 0.15) is 0 Å². The highest BCUT2D eigenvalue weighted by molar-refractivity contribution is 7.99. The van der Waals surface area contributed by atoms with Gasteiger partial charge in [-0.25, -0.2) is 9.78 Å². The number of aryl methyl sites for hydroxylation is 1. The van der Waals surface area contributed by atoms with Crippen LogP contribution in [0.4, 0.5) is 0 Å². The zero-order valence-corrected chi connectivity index (χ0v) is 7.99. The molecular weight excluding hydrogens is 188 g/mol. The van der Waals surface area contributed by atoms with Gasteiger partial charge < -0.3 is 9.67 Å². The fourth-order valence-corrected chi connectivity index (χ4v) is 1.50. The second-order valence-corrected chi connectivity index (χ2v) is 3.36. The summed E-state index contributed by atoms with van der Waals surface area (Å²) in [5.74, 6) is -0.294. The molecule has 70 valence electrons. The quantitative estimate of drug-likeness (QED) is 0.582. The van der Waals surface area contributed by atoms with E-state index in [4.69, 9.17) is 5.11 Å². The van der Waals surface area contributed by atoms with Crippen LogP contribution in [0.15, 0.2) is 29.7 Å². The first-order valence-electron chi connectivity index (χ1n) is 3.69. The van der Waals surface area contributed by atoms with E-state index >= 15 is 0 Å². The van der Waals surface area contributed by atoms with E-state index in [1.165, 1.54) is 11.8 Å². The largest absolute Gasteiger partial charge is 0.478 e. The smallest absolute Gasteiger partial charge is 0.328 e. The standard InChI is InChI=1S/C8H10N2O2S/c1-10-5-4-9-8(10)13-6-2-3-7(11)12/h2-5H,6H2,1H3,(H,11,12). The number of hydrogen-bond donors (Lipinski definition) is 1. The molecule has 0 unspecified atom stereocenters. The summed E-state index contributed by atoms with van der Waals surface area (Å²) in [4.78, 5) is 14.2. The van der Waals surface area contributed by atoms with Crippen molar-refractivity contribution in [3.8, 4) is 0 Å². The SMILES string of the molecule is Cn1ccnc1SCC=CC(=O)O. The van der Waals surface area contributed by atoms with Crippen LogP contribution in [0.25, 0.3) is 0 Å². The number of rotatable bonds is 4. The number of aromatic nitrogens is 2. The summed E-state index contributed by atoms with van der Waals surface area (Å²) in [5.41, 5.74) is 0. The van der Waals surface area contributed by atoms with E-state index in [2.05, 4.69) is 4.98 Å². The molecular formula is C8H10N2O2S. The first-order valence-corrected chi connectivity index (χ1v) is 4.68. The third-order valence-electron chi connectivity index (χ3n) is 1.35. The fraction of sp³-hybridized carbons (Fsp3) is 0.250. The van der Waals surface area contributed by atoms with Gasteiger partial charge in [0.15, 0.2) is 5.16 Å². The van der Waals surface area contributed by atoms with Gasteiger partial charge in [-0.05, 0) is 0 Å². The van der Waals surface area contributed by atoms with Crippen LogP contribution >= 0.6 is 11.8 Å². The average molecular weight is 198 g/mol. The summed E-state index contributed by atoms with van der Waals surface area (Å²) >= 11 is 1.50. The van der Waals surface area contributed by atoms with Crippen LogP contribution in [0, 0.1) is 0 Å². The minimum atomic E-state index is -0.916. The molecule has 0 aliphatic rings. The maximum Gasteiger partial charge on any atom is 0.328 e. The molecule has 0 aliphatic heterocycles. The number of carbonyl (C=O) groups is 1. The van der Waals surface area contributed by atoms with Crippen molar-refractivity contribution in [2.24, 2.45) is 7.05 Å². The summed E-state index contributed by atoms with van der Waals surface area (Å²) in [7, 11) is 1.90. The fourth-order valence-electron chi connectivity index (χ4n) is 0.763. The number of carboxylic acid groups (broad SMARTS) is 1. The van der Waals surface area contributed by atoms with Crippen molar-refractivity contribution in [2.45, 2.75) is 5.16 Å². The third-order valence-corrected chi connectivity index (χ3v) is 2.36. The molecule has 1 N–H and O–H groups in total. The van der Waals surface area contributed by atoms with Gasteiger partial charge in [0, 0.05) is 31.3 Å². The van der Waals surface area contributed by atoms with Crippen molar-refractivity contribution in [3.63, 3.8) is 0 Å². The van der Waals surface area contributed by atoms with Crippen LogP contribution in [-0.4, -0.2) is 26.4 Å². The Bertz CT molecular complexity index is 320. The van der Waals surface area contributed by atoms with Gasteiger partial charge in [-0.1, -0.05) is 17.8 Å². The Labute approximate surface area is 80.3 Å². The maximum absolute atomic E-state index is 10.1. The Hall–Kier alpha value is -1.23. The third kappa shape index (κ3) is 3.33. The number of aliphatic carboxylic acids is 1. The lowest BCUT2D eigenvalue weighted by Crippen LogP contribution is -1.90. The second-order valence-electron chi connectivity index (χ2n) is 2.37. The van der Waals surface area contributed by atoms with Crippen molar-refractivity contribution in [2.75, 3.05) is 5.75 Å². The number of carboxylic acids is 1. The van der Waals surface area contributed by atoms with Gasteiger partial charge in [0.05, 0.1) is 0 Å². The van der Waals surface area contributed by atoms with E-state index < -0.39 is 5.97 Å². The topological polar surface area (TPSA) is 55.1 Å². The monoisotopic (exact) mass is 198 g/mol. The minimum Gasteiger partial charge on any atom is -0.478 e. The summed E-state index contributed by atoms with van der Waals surface area (Å²) in [6.07, 6.45) is 6.30. The maximum atomic E-state index is 10.1. The molecule has 0 aromatic carbocycles. The Balaban J connectivity index is 2.36. The van der Waals surface area contributed by atoms with Crippen molar-refractivity contribution in [3.05, 3.63) is 24.5 Å².